The third kappa shape index (κ3) is 9.05. The number of alkyl halides is 1. The first kappa shape index (κ1) is 39.0. The number of halogens is 1. The predicted octanol–water partition coefficient (Wildman–Crippen LogP) is 13.6. The summed E-state index contributed by atoms with van der Waals surface area (Å²) in [7, 11) is 0. The number of hydrogen-bond donors (Lipinski definition) is 6. The molecule has 9 rings (SSSR count). The van der Waals surface area contributed by atoms with Crippen LogP contribution >= 0.6 is 0 Å². The van der Waals surface area contributed by atoms with Crippen molar-refractivity contribution in [3.05, 3.63) is 235 Å². The molecule has 9 nitrogen and oxygen atoms in total. The maximum atomic E-state index is 18.9. The summed E-state index contributed by atoms with van der Waals surface area (Å²) in [6, 6.07) is 69.0. The van der Waals surface area contributed by atoms with Gasteiger partial charge in [0.05, 0.1) is 51.2 Å². The van der Waals surface area contributed by atoms with Crippen LogP contribution < -0.4 is 31.9 Å². The van der Waals surface area contributed by atoms with Crippen LogP contribution in [0.25, 0.3) is 0 Å². The standard InChI is InChI=1S/C52H42FN9/c53-52(46-31-16-34-49(60-46)57-43-28-13-10-25-40(43)54-37-19-4-1-5-20-37,47-32-17-35-50(61-47)58-44-29-14-11-26-41(44)55-38-21-6-2-7-22-38)48-33-18-36-51(62-48)59-45-30-15-12-27-42(45)56-39-23-8-3-9-24-39/h1-36,54-56H,(H,57,60)(H,58,61)(H,59,62). The molecule has 10 heteroatoms. The Morgan fingerprint density at radius 2 is 0.500 bits per heavy atom. The summed E-state index contributed by atoms with van der Waals surface area (Å²) in [6.45, 7) is 0. The zero-order chi connectivity index (χ0) is 42.0. The molecule has 0 radical (unpaired) electrons. The van der Waals surface area contributed by atoms with E-state index in [9.17, 15) is 0 Å². The average Bonchev–Trinajstić information content (AvgIpc) is 3.32. The molecular weight excluding hydrogens is 770 g/mol. The van der Waals surface area contributed by atoms with E-state index in [4.69, 9.17) is 15.0 Å². The second kappa shape index (κ2) is 18.2. The molecule has 0 aliphatic heterocycles. The molecule has 9 aromatic rings. The summed E-state index contributed by atoms with van der Waals surface area (Å²) in [6.07, 6.45) is 0. The van der Waals surface area contributed by atoms with Gasteiger partial charge in [-0.05, 0) is 109 Å². The van der Waals surface area contributed by atoms with E-state index in [0.29, 0.717) is 17.5 Å². The van der Waals surface area contributed by atoms with Gasteiger partial charge in [-0.15, -0.1) is 0 Å². The van der Waals surface area contributed by atoms with Crippen molar-refractivity contribution in [1.82, 2.24) is 15.0 Å². The molecule has 0 amide bonds. The summed E-state index contributed by atoms with van der Waals surface area (Å²) in [5.41, 5.74) is 5.49. The minimum absolute atomic E-state index is 0.0996. The second-order valence-electron chi connectivity index (χ2n) is 14.4. The minimum Gasteiger partial charge on any atom is -0.354 e. The van der Waals surface area contributed by atoms with Crippen LogP contribution in [0.3, 0.4) is 0 Å². The van der Waals surface area contributed by atoms with Crippen LogP contribution in [0.4, 0.5) is 73.0 Å². The molecule has 0 saturated heterocycles. The molecule has 0 aliphatic rings. The molecule has 6 N–H and O–H groups in total. The monoisotopic (exact) mass is 811 g/mol. The van der Waals surface area contributed by atoms with E-state index >= 15 is 4.39 Å². The van der Waals surface area contributed by atoms with E-state index in [1.165, 1.54) is 0 Å². The van der Waals surface area contributed by atoms with Gasteiger partial charge < -0.3 is 31.9 Å². The Morgan fingerprint density at radius 1 is 0.258 bits per heavy atom. The number of anilines is 12. The van der Waals surface area contributed by atoms with Crippen LogP contribution in [0.15, 0.2) is 218 Å². The Hall–Kier alpha value is -8.50. The van der Waals surface area contributed by atoms with Crippen molar-refractivity contribution in [2.24, 2.45) is 0 Å². The summed E-state index contributed by atoms with van der Waals surface area (Å²) in [5.74, 6) is 1.33. The Balaban J connectivity index is 1.09. The smallest absolute Gasteiger partial charge is 0.236 e. The minimum atomic E-state index is -2.42. The Bertz CT molecular complexity index is 2580. The van der Waals surface area contributed by atoms with Crippen LogP contribution in [0.1, 0.15) is 17.1 Å². The first-order valence-corrected chi connectivity index (χ1v) is 20.2. The van der Waals surface area contributed by atoms with E-state index in [0.717, 1.165) is 51.2 Å². The number of nitrogens with zero attached hydrogens (tertiary/aromatic N) is 3. The number of aromatic nitrogens is 3. The number of hydrogen-bond acceptors (Lipinski definition) is 9. The van der Waals surface area contributed by atoms with Gasteiger partial charge in [-0.3, -0.25) is 0 Å². The highest BCUT2D eigenvalue weighted by Crippen LogP contribution is 2.41. The number of nitrogens with one attached hydrogen (secondary N) is 6. The van der Waals surface area contributed by atoms with Crippen molar-refractivity contribution in [3.8, 4) is 0 Å². The Kier molecular flexibility index (Phi) is 11.4. The molecule has 3 heterocycles. The number of para-hydroxylation sites is 9. The van der Waals surface area contributed by atoms with Crippen LogP contribution in [-0.2, 0) is 5.67 Å². The fraction of sp³-hybridized carbons (Fsp3) is 0.0192. The summed E-state index contributed by atoms with van der Waals surface area (Å²) in [4.78, 5) is 14.8. The first-order chi connectivity index (χ1) is 30.6. The maximum Gasteiger partial charge on any atom is 0.236 e. The molecule has 62 heavy (non-hydrogen) atoms. The second-order valence-corrected chi connectivity index (χ2v) is 14.4. The average molecular weight is 812 g/mol. The van der Waals surface area contributed by atoms with Gasteiger partial charge in [-0.25, -0.2) is 19.3 Å². The lowest BCUT2D eigenvalue weighted by molar-refractivity contribution is 0.259. The van der Waals surface area contributed by atoms with Gasteiger partial charge >= 0.3 is 0 Å². The van der Waals surface area contributed by atoms with E-state index in [2.05, 4.69) is 31.9 Å². The highest BCUT2D eigenvalue weighted by atomic mass is 19.1. The van der Waals surface area contributed by atoms with Gasteiger partial charge in [0.2, 0.25) is 5.67 Å². The number of benzene rings is 6. The van der Waals surface area contributed by atoms with Crippen LogP contribution in [0.2, 0.25) is 0 Å². The summed E-state index contributed by atoms with van der Waals surface area (Å²) >= 11 is 0. The molecule has 3 aromatic heterocycles. The zero-order valence-corrected chi connectivity index (χ0v) is 33.5. The molecule has 0 aliphatic carbocycles. The quantitative estimate of drug-likeness (QED) is 0.0603. The molecule has 0 fully saturated rings. The molecule has 0 spiro atoms. The summed E-state index contributed by atoms with van der Waals surface area (Å²) < 4.78 is 18.9. The summed E-state index contributed by atoms with van der Waals surface area (Å²) in [5, 5.41) is 20.7. The highest BCUT2D eigenvalue weighted by molar-refractivity contribution is 5.80. The highest BCUT2D eigenvalue weighted by Gasteiger charge is 2.42. The van der Waals surface area contributed by atoms with Crippen molar-refractivity contribution in [2.45, 2.75) is 5.67 Å². The number of rotatable bonds is 15. The van der Waals surface area contributed by atoms with Crippen LogP contribution in [0.5, 0.6) is 0 Å². The lowest BCUT2D eigenvalue weighted by Crippen LogP contribution is -2.28. The van der Waals surface area contributed by atoms with Crippen LogP contribution in [-0.4, -0.2) is 15.0 Å². The molecule has 302 valence electrons. The van der Waals surface area contributed by atoms with Crippen molar-refractivity contribution < 1.29 is 4.39 Å². The van der Waals surface area contributed by atoms with E-state index in [1.807, 2.05) is 182 Å². The molecule has 0 unspecified atom stereocenters. The SMILES string of the molecule is FC(c1cccc(Nc2ccccc2Nc2ccccc2)n1)(c1cccc(Nc2ccccc2Nc2ccccc2)n1)c1cccc(Nc2ccccc2Nc2ccccc2)n1. The molecule has 0 bridgehead atoms. The normalized spacial score (nSPS) is 11.0. The van der Waals surface area contributed by atoms with Crippen LogP contribution in [0, 0.1) is 0 Å². The molecule has 6 aromatic carbocycles. The largest absolute Gasteiger partial charge is 0.354 e. The van der Waals surface area contributed by atoms with Gasteiger partial charge in [0.1, 0.15) is 17.5 Å². The third-order valence-corrected chi connectivity index (χ3v) is 10.0. The predicted molar refractivity (Wildman–Crippen MR) is 252 cm³/mol. The van der Waals surface area contributed by atoms with Gasteiger partial charge in [-0.1, -0.05) is 109 Å². The topological polar surface area (TPSA) is 111 Å². The maximum absolute atomic E-state index is 18.9. The Morgan fingerprint density at radius 3 is 0.774 bits per heavy atom. The van der Waals surface area contributed by atoms with Gasteiger partial charge in [0, 0.05) is 17.1 Å². The fourth-order valence-electron chi connectivity index (χ4n) is 7.03. The van der Waals surface area contributed by atoms with Crippen molar-refractivity contribution in [3.63, 3.8) is 0 Å². The first-order valence-electron chi connectivity index (χ1n) is 20.2. The third-order valence-electron chi connectivity index (χ3n) is 10.0. The molecule has 0 saturated carbocycles. The number of pyridine rings is 3. The van der Waals surface area contributed by atoms with Crippen molar-refractivity contribution >= 4 is 68.6 Å². The zero-order valence-electron chi connectivity index (χ0n) is 33.5. The van der Waals surface area contributed by atoms with E-state index in [-0.39, 0.29) is 17.1 Å². The van der Waals surface area contributed by atoms with Gasteiger partial charge in [0.15, 0.2) is 0 Å². The molecular formula is C52H42FN9. The van der Waals surface area contributed by atoms with E-state index < -0.39 is 5.67 Å². The van der Waals surface area contributed by atoms with E-state index in [1.54, 1.807) is 36.4 Å². The van der Waals surface area contributed by atoms with Crippen molar-refractivity contribution in [2.75, 3.05) is 31.9 Å². The van der Waals surface area contributed by atoms with Gasteiger partial charge in [-0.2, -0.15) is 0 Å². The van der Waals surface area contributed by atoms with Gasteiger partial charge in [0.25, 0.3) is 0 Å². The van der Waals surface area contributed by atoms with Crippen molar-refractivity contribution in [1.29, 1.82) is 0 Å². The Labute approximate surface area is 359 Å². The molecule has 0 atom stereocenters. The lowest BCUT2D eigenvalue weighted by atomic mass is 9.91. The fourth-order valence-corrected chi connectivity index (χ4v) is 7.03. The lowest BCUT2D eigenvalue weighted by Gasteiger charge is -2.26.